The fourth-order valence-electron chi connectivity index (χ4n) is 8.31. The average Bonchev–Trinajstić information content (AvgIpc) is 3.26. The van der Waals surface area contributed by atoms with E-state index in [4.69, 9.17) is 14.7 Å². The molecule has 2 N–H and O–H groups in total. The van der Waals surface area contributed by atoms with Crippen molar-refractivity contribution in [3.05, 3.63) is 41.8 Å². The van der Waals surface area contributed by atoms with E-state index in [1.54, 1.807) is 6.20 Å². The maximum absolute atomic E-state index is 16.9. The quantitative estimate of drug-likeness (QED) is 0.334. The van der Waals surface area contributed by atoms with Gasteiger partial charge in [0.05, 0.1) is 17.3 Å². The molecule has 9 rings (SSSR count). The van der Waals surface area contributed by atoms with Crippen molar-refractivity contribution in [3.63, 3.8) is 0 Å². The Morgan fingerprint density at radius 2 is 1.86 bits per heavy atom. The highest BCUT2D eigenvalue weighted by molar-refractivity contribution is 6.00. The number of hydrogen-bond donors (Lipinski definition) is 2. The molecule has 10 heteroatoms. The zero-order valence-electron chi connectivity index (χ0n) is 23.6. The zero-order valence-corrected chi connectivity index (χ0v) is 23.6. The first-order chi connectivity index (χ1) is 20.5. The third-order valence-corrected chi connectivity index (χ3v) is 10.5. The largest absolute Gasteiger partial charge is 0.461 e. The van der Waals surface area contributed by atoms with Crippen LogP contribution >= 0.6 is 0 Å². The molecule has 218 valence electrons. The fourth-order valence-corrected chi connectivity index (χ4v) is 8.31. The van der Waals surface area contributed by atoms with Gasteiger partial charge in [0.25, 0.3) is 0 Å². The monoisotopic (exact) mass is 571 g/mol. The van der Waals surface area contributed by atoms with Crippen LogP contribution in [-0.2, 0) is 0 Å². The van der Waals surface area contributed by atoms with Gasteiger partial charge in [0, 0.05) is 54.5 Å². The molecule has 2 aromatic carbocycles. The summed E-state index contributed by atoms with van der Waals surface area (Å²) in [6.45, 7) is 3.28. The van der Waals surface area contributed by atoms with Gasteiger partial charge in [-0.2, -0.15) is 15.1 Å². The van der Waals surface area contributed by atoms with Crippen molar-refractivity contribution < 1.29 is 13.5 Å². The lowest BCUT2D eigenvalue weighted by molar-refractivity contribution is 0.107. The number of anilines is 1. The third-order valence-electron chi connectivity index (χ3n) is 10.5. The molecule has 0 amide bonds. The number of benzene rings is 2. The van der Waals surface area contributed by atoms with Crippen LogP contribution in [0.2, 0.25) is 0 Å². The Bertz CT molecular complexity index is 1690. The Kier molecular flexibility index (Phi) is 5.58. The van der Waals surface area contributed by atoms with Crippen LogP contribution in [0.1, 0.15) is 56.4 Å². The number of alkyl halides is 1. The maximum Gasteiger partial charge on any atom is 0.319 e. The van der Waals surface area contributed by atoms with Crippen molar-refractivity contribution in [1.29, 1.82) is 0 Å². The summed E-state index contributed by atoms with van der Waals surface area (Å²) in [5, 5.41) is 12.6. The van der Waals surface area contributed by atoms with Gasteiger partial charge in [-0.1, -0.05) is 12.1 Å². The number of piperazine rings is 1. The van der Waals surface area contributed by atoms with Crippen LogP contribution in [0.4, 0.5) is 14.6 Å². The number of aromatic amines is 1. The number of fused-ring (bicyclic) bond motifs is 5. The summed E-state index contributed by atoms with van der Waals surface area (Å²) in [4.78, 5) is 14.1. The summed E-state index contributed by atoms with van der Waals surface area (Å²) in [5.74, 6) is 0.795. The van der Waals surface area contributed by atoms with Gasteiger partial charge in [0.2, 0.25) is 0 Å². The molecule has 5 fully saturated rings. The molecule has 4 saturated heterocycles. The minimum atomic E-state index is -0.843. The van der Waals surface area contributed by atoms with Gasteiger partial charge < -0.3 is 15.0 Å². The van der Waals surface area contributed by atoms with Crippen LogP contribution < -0.4 is 15.0 Å². The molecule has 6 heterocycles. The maximum atomic E-state index is 16.9. The molecule has 5 aliphatic rings. The first kappa shape index (κ1) is 25.2. The lowest BCUT2D eigenvalue weighted by Gasteiger charge is -2.34. The second-order valence-electron chi connectivity index (χ2n) is 13.2. The Morgan fingerprint density at radius 1 is 1.00 bits per heavy atom. The number of nitrogens with zero attached hydrogens (tertiary/aromatic N) is 5. The summed E-state index contributed by atoms with van der Waals surface area (Å²) in [5.41, 5.74) is 3.42. The second-order valence-corrected chi connectivity index (χ2v) is 13.2. The van der Waals surface area contributed by atoms with Crippen molar-refractivity contribution in [2.75, 3.05) is 37.7 Å². The third kappa shape index (κ3) is 3.94. The van der Waals surface area contributed by atoms with Crippen molar-refractivity contribution in [2.24, 2.45) is 0 Å². The molecule has 0 radical (unpaired) electrons. The molecule has 0 spiro atoms. The minimum absolute atomic E-state index is 0.173. The molecule has 4 aromatic rings. The van der Waals surface area contributed by atoms with E-state index < -0.39 is 6.17 Å². The molecule has 42 heavy (non-hydrogen) atoms. The summed E-state index contributed by atoms with van der Waals surface area (Å²) >= 11 is 0. The molecule has 1 saturated carbocycles. The molecular weight excluding hydrogens is 536 g/mol. The van der Waals surface area contributed by atoms with E-state index in [0.717, 1.165) is 86.0 Å². The van der Waals surface area contributed by atoms with E-state index >= 15 is 4.39 Å². The van der Waals surface area contributed by atoms with E-state index in [-0.39, 0.29) is 22.9 Å². The Morgan fingerprint density at radius 3 is 2.69 bits per heavy atom. The highest BCUT2D eigenvalue weighted by Gasteiger charge is 2.49. The van der Waals surface area contributed by atoms with Gasteiger partial charge in [-0.25, -0.2) is 8.78 Å². The second kappa shape index (κ2) is 9.31. The lowest BCUT2D eigenvalue weighted by atomic mass is 9.92. The number of halogens is 2. The average molecular weight is 572 g/mol. The van der Waals surface area contributed by atoms with Crippen molar-refractivity contribution >= 4 is 27.6 Å². The van der Waals surface area contributed by atoms with E-state index in [1.165, 1.54) is 0 Å². The summed E-state index contributed by atoms with van der Waals surface area (Å²) in [7, 11) is 0. The summed E-state index contributed by atoms with van der Waals surface area (Å²) in [6.07, 6.45) is 7.83. The van der Waals surface area contributed by atoms with E-state index in [0.29, 0.717) is 48.5 Å². The van der Waals surface area contributed by atoms with Gasteiger partial charge in [0.15, 0.2) is 5.82 Å². The number of rotatable bonds is 6. The Balaban J connectivity index is 1.17. The lowest BCUT2D eigenvalue weighted by Crippen LogP contribution is -2.51. The van der Waals surface area contributed by atoms with E-state index in [1.807, 2.05) is 18.2 Å². The van der Waals surface area contributed by atoms with Crippen LogP contribution in [-0.4, -0.2) is 81.6 Å². The first-order valence-electron chi connectivity index (χ1n) is 15.5. The minimum Gasteiger partial charge on any atom is -0.461 e. The van der Waals surface area contributed by atoms with Crippen molar-refractivity contribution in [2.45, 2.75) is 74.7 Å². The van der Waals surface area contributed by atoms with Crippen LogP contribution in [0.15, 0.2) is 30.5 Å². The molecule has 1 aliphatic carbocycles. The highest BCUT2D eigenvalue weighted by atomic mass is 19.1. The standard InChI is InChI=1S/C32H35F2N7O/c33-19-12-32(10-1-11-41(32)14-19)17-42-31-37-29-24(30(38-31)40-15-20-4-5-21(16-40)36-20)7-6-23(28(29)34)27-22(18-2-3-18)8-9-26-25(27)13-35-39-26/h6-9,13,18-21,36H,1-5,10-12,14-17H2,(H,35,39)/t19-,20-,21+,32+/m1/s1. The van der Waals surface area contributed by atoms with E-state index in [9.17, 15) is 4.39 Å². The molecule has 4 aliphatic heterocycles. The summed E-state index contributed by atoms with van der Waals surface area (Å²) < 4.78 is 37.7. The SMILES string of the molecule is Fc1c(-c2c(C3CC3)ccc3[nH]ncc23)ccc2c(N3C[C@H]4CC[C@@H](C3)N4)nc(OC[C@@]34CCCN3C[C@H](F)C4)nc12. The zero-order chi connectivity index (χ0) is 28.0. The van der Waals surface area contributed by atoms with Gasteiger partial charge >= 0.3 is 6.01 Å². The molecule has 0 unspecified atom stereocenters. The molecular formula is C32H35F2N7O. The Labute approximate surface area is 242 Å². The molecule has 4 atom stereocenters. The van der Waals surface area contributed by atoms with Gasteiger partial charge in [-0.3, -0.25) is 10.00 Å². The molecule has 8 nitrogen and oxygen atoms in total. The number of aromatic nitrogens is 4. The fraction of sp³-hybridized carbons (Fsp3) is 0.531. The predicted molar refractivity (Wildman–Crippen MR) is 157 cm³/mol. The molecule has 2 aromatic heterocycles. The van der Waals surface area contributed by atoms with E-state index in [2.05, 4.69) is 31.4 Å². The highest BCUT2D eigenvalue weighted by Crippen LogP contribution is 2.48. The smallest absolute Gasteiger partial charge is 0.319 e. The van der Waals surface area contributed by atoms with Crippen LogP contribution in [0.3, 0.4) is 0 Å². The van der Waals surface area contributed by atoms with Gasteiger partial charge in [-0.05, 0) is 74.2 Å². The van der Waals surface area contributed by atoms with Crippen molar-refractivity contribution in [3.8, 4) is 17.1 Å². The number of ether oxygens (including phenoxy) is 1. The Hall–Kier alpha value is -3.37. The summed E-state index contributed by atoms with van der Waals surface area (Å²) in [6, 6.07) is 8.99. The molecule has 2 bridgehead atoms. The van der Waals surface area contributed by atoms with Gasteiger partial charge in [-0.15, -0.1) is 0 Å². The number of hydrogen-bond acceptors (Lipinski definition) is 7. The van der Waals surface area contributed by atoms with Crippen LogP contribution in [0.5, 0.6) is 6.01 Å². The normalized spacial score (nSPS) is 29.2. The number of nitrogens with one attached hydrogen (secondary N) is 2. The van der Waals surface area contributed by atoms with Gasteiger partial charge in [0.1, 0.15) is 24.1 Å². The van der Waals surface area contributed by atoms with Crippen LogP contribution in [0, 0.1) is 5.82 Å². The first-order valence-corrected chi connectivity index (χ1v) is 15.5. The van der Waals surface area contributed by atoms with Crippen molar-refractivity contribution in [1.82, 2.24) is 30.4 Å². The topological polar surface area (TPSA) is 82.2 Å². The number of H-pyrrole nitrogens is 1. The van der Waals surface area contributed by atoms with Crippen LogP contribution in [0.25, 0.3) is 32.9 Å². The predicted octanol–water partition coefficient (Wildman–Crippen LogP) is 5.09.